The third kappa shape index (κ3) is 21.8. The van der Waals surface area contributed by atoms with Gasteiger partial charge in [0, 0.05) is 52.7 Å². The van der Waals surface area contributed by atoms with Gasteiger partial charge in [-0.2, -0.15) is 11.8 Å². The summed E-state index contributed by atoms with van der Waals surface area (Å²) in [6.45, 7) is 14.3. The average molecular weight is 1170 g/mol. The van der Waals surface area contributed by atoms with E-state index in [1.165, 1.54) is 42.8 Å². The maximum Gasteiger partial charge on any atom is 0.410 e. The van der Waals surface area contributed by atoms with Crippen LogP contribution in [0.1, 0.15) is 105 Å². The van der Waals surface area contributed by atoms with E-state index in [1.807, 2.05) is 32.0 Å². The smallest absolute Gasteiger partial charge is 0.410 e. The fourth-order valence-electron chi connectivity index (χ4n) is 9.90. The molecule has 0 radical (unpaired) electrons. The van der Waals surface area contributed by atoms with E-state index in [-0.39, 0.29) is 67.2 Å². The molecule has 2 aromatic carbocycles. The summed E-state index contributed by atoms with van der Waals surface area (Å²) in [6.07, 6.45) is -0.981. The highest BCUT2D eigenvalue weighted by Crippen LogP contribution is 2.30. The maximum absolute atomic E-state index is 14.3. The predicted octanol–water partition coefficient (Wildman–Crippen LogP) is 3.17. The van der Waals surface area contributed by atoms with E-state index in [0.29, 0.717) is 55.0 Å². The largest absolute Gasteiger partial charge is 0.445 e. The molecule has 458 valence electrons. The number of nitrogens with one attached hydrogen (secondary N) is 7. The van der Waals surface area contributed by atoms with Gasteiger partial charge in [-0.25, -0.2) is 4.79 Å². The van der Waals surface area contributed by atoms with Crippen molar-refractivity contribution < 1.29 is 62.5 Å². The zero-order valence-electron chi connectivity index (χ0n) is 50.2. The first-order valence-corrected chi connectivity index (χ1v) is 29.3. The van der Waals surface area contributed by atoms with Crippen LogP contribution in [0.4, 0.5) is 10.5 Å². The van der Waals surface area contributed by atoms with Crippen LogP contribution in [-0.2, 0) is 59.2 Å². The van der Waals surface area contributed by atoms with Gasteiger partial charge in [0.1, 0.15) is 18.7 Å². The Morgan fingerprint density at radius 3 is 2.02 bits per heavy atom. The lowest BCUT2D eigenvalue weighted by Crippen LogP contribution is -2.56. The van der Waals surface area contributed by atoms with Crippen LogP contribution in [0.2, 0.25) is 0 Å². The molecule has 3 rings (SSSR count). The zero-order valence-corrected chi connectivity index (χ0v) is 51.0. The Morgan fingerprint density at radius 2 is 1.43 bits per heavy atom. The third-order valence-corrected chi connectivity index (χ3v) is 15.7. The molecular weight excluding hydrogens is 1080 g/mol. The molecule has 8 N–H and O–H groups in total. The summed E-state index contributed by atoms with van der Waals surface area (Å²) in [6, 6.07) is 12.0. The second-order valence-corrected chi connectivity index (χ2v) is 22.7. The first-order valence-electron chi connectivity index (χ1n) is 28.2. The normalized spacial score (nSPS) is 16.5. The summed E-state index contributed by atoms with van der Waals surface area (Å²) in [5.41, 5.74) is 1.66. The second-order valence-electron chi connectivity index (χ2n) is 21.6. The standard InChI is InChI=1S/C58H92N10O13S/c1-14-37(6)52(44(79-12)29-48(72)68-27-18-21-43(68)54(80-13)38(7)55(75)63-39(8)53(74)41-19-16-15-17-20-41)66(10)49(73)31-61-57(77)51(36(4)5)67(11)58(78)81-32-40-22-24-42(25-23-40)64-46(70)30-60-56(76)50(35(2)3)65-47(71)33-82-28-26-45(69)62-34-59-9/h15-17,19-20,22-25,35-39,43-44,50-54,59,74H,14,18,21,26-34H2,1-13H3,(H,60,76)(H,61,77)(H,62,69)(H,63,75)(H,64,70)(H,65,71)/t37-,38?,39?,43?,44?,50?,51?,52?,53?,54?/m1/s1. The van der Waals surface area contributed by atoms with Crippen molar-refractivity contribution >= 4 is 70.8 Å². The number of thioether (sulfide) groups is 1. The van der Waals surface area contributed by atoms with Gasteiger partial charge in [0.25, 0.3) is 0 Å². The SMILES string of the molecule is CC[C@@H](C)C(C(CC(=O)N1CCCC1C(OC)C(C)C(=O)NC(C)C(O)c1ccccc1)OC)N(C)C(=O)CNC(=O)C(C(C)C)N(C)C(=O)OCc1ccc(NC(=O)CNC(=O)C(NC(=O)CSCCC(=O)NCNC)C(C)C)cc1. The molecule has 1 heterocycles. The number of aliphatic hydroxyl groups is 1. The average Bonchev–Trinajstić information content (AvgIpc) is 3.95. The molecule has 10 atom stereocenters. The Bertz CT molecular complexity index is 2390. The van der Waals surface area contributed by atoms with Crippen LogP contribution < -0.4 is 37.2 Å². The highest BCUT2D eigenvalue weighted by atomic mass is 32.2. The minimum atomic E-state index is -1.02. The van der Waals surface area contributed by atoms with Crippen molar-refractivity contribution in [2.24, 2.45) is 23.7 Å². The molecule has 1 fully saturated rings. The van der Waals surface area contributed by atoms with Gasteiger partial charge in [-0.3, -0.25) is 43.3 Å². The van der Waals surface area contributed by atoms with Crippen LogP contribution in [0.3, 0.4) is 0 Å². The number of ether oxygens (including phenoxy) is 3. The van der Waals surface area contributed by atoms with Gasteiger partial charge < -0.3 is 66.3 Å². The van der Waals surface area contributed by atoms with Gasteiger partial charge in [0.05, 0.1) is 74.3 Å². The van der Waals surface area contributed by atoms with Crippen LogP contribution in [-0.4, -0.2) is 189 Å². The maximum atomic E-state index is 14.3. The lowest BCUT2D eigenvalue weighted by Gasteiger charge is -2.39. The molecule has 1 aliphatic heterocycles. The Labute approximate surface area is 488 Å². The van der Waals surface area contributed by atoms with Crippen molar-refractivity contribution in [3.8, 4) is 0 Å². The van der Waals surface area contributed by atoms with E-state index in [9.17, 15) is 48.3 Å². The number of likely N-dealkylation sites (tertiary alicyclic amines) is 1. The predicted molar refractivity (Wildman–Crippen MR) is 314 cm³/mol. The molecule has 0 aliphatic carbocycles. The minimum Gasteiger partial charge on any atom is -0.445 e. The number of carbonyl (C=O) groups is 9. The molecule has 2 aromatic rings. The quantitative estimate of drug-likeness (QED) is 0.0369. The van der Waals surface area contributed by atoms with Crippen molar-refractivity contribution in [1.82, 2.24) is 46.6 Å². The highest BCUT2D eigenvalue weighted by Gasteiger charge is 2.43. The summed E-state index contributed by atoms with van der Waals surface area (Å²) >= 11 is 1.27. The van der Waals surface area contributed by atoms with Crippen LogP contribution in [0.15, 0.2) is 54.6 Å². The number of benzene rings is 2. The van der Waals surface area contributed by atoms with Crippen molar-refractivity contribution in [1.29, 1.82) is 0 Å². The molecule has 1 aliphatic rings. The van der Waals surface area contributed by atoms with Crippen molar-refractivity contribution in [2.45, 2.75) is 143 Å². The molecule has 82 heavy (non-hydrogen) atoms. The van der Waals surface area contributed by atoms with Gasteiger partial charge in [0.15, 0.2) is 0 Å². The molecular formula is C58H92N10O13S. The van der Waals surface area contributed by atoms with E-state index >= 15 is 0 Å². The van der Waals surface area contributed by atoms with E-state index in [1.54, 1.807) is 96.9 Å². The highest BCUT2D eigenvalue weighted by molar-refractivity contribution is 7.99. The van der Waals surface area contributed by atoms with E-state index in [2.05, 4.69) is 37.2 Å². The van der Waals surface area contributed by atoms with Gasteiger partial charge in [-0.05, 0) is 67.8 Å². The van der Waals surface area contributed by atoms with Crippen molar-refractivity contribution in [2.75, 3.05) is 78.5 Å². The minimum absolute atomic E-state index is 0.0563. The number of aliphatic hydroxyl groups excluding tert-OH is 1. The molecule has 0 aromatic heterocycles. The van der Waals surface area contributed by atoms with Crippen molar-refractivity contribution in [3.05, 3.63) is 65.7 Å². The summed E-state index contributed by atoms with van der Waals surface area (Å²) in [5.74, 6) is -4.11. The van der Waals surface area contributed by atoms with Gasteiger partial charge in [0.2, 0.25) is 47.3 Å². The van der Waals surface area contributed by atoms with Crippen LogP contribution >= 0.6 is 11.8 Å². The first-order chi connectivity index (χ1) is 38.9. The molecule has 0 bridgehead atoms. The summed E-state index contributed by atoms with van der Waals surface area (Å²) in [7, 11) is 7.76. The molecule has 1 saturated heterocycles. The number of carbonyl (C=O) groups excluding carboxylic acids is 9. The Balaban J connectivity index is 1.53. The fraction of sp³-hybridized carbons (Fsp3) is 0.638. The first kappa shape index (κ1) is 69.9. The molecule has 9 unspecified atom stereocenters. The third-order valence-electron chi connectivity index (χ3n) is 14.8. The summed E-state index contributed by atoms with van der Waals surface area (Å²) < 4.78 is 17.5. The number of amides is 9. The Hall–Kier alpha value is -6.34. The lowest BCUT2D eigenvalue weighted by atomic mass is 9.90. The second kappa shape index (κ2) is 35.6. The number of rotatable bonds is 34. The number of anilines is 1. The zero-order chi connectivity index (χ0) is 61.2. The molecule has 23 nitrogen and oxygen atoms in total. The van der Waals surface area contributed by atoms with Crippen LogP contribution in [0, 0.1) is 23.7 Å². The molecule has 0 saturated carbocycles. The summed E-state index contributed by atoms with van der Waals surface area (Å²) in [5, 5.41) is 30.0. The van der Waals surface area contributed by atoms with E-state index in [0.717, 1.165) is 0 Å². The van der Waals surface area contributed by atoms with E-state index < -0.39 is 96.6 Å². The molecule has 24 heteroatoms. The van der Waals surface area contributed by atoms with Crippen LogP contribution in [0.5, 0.6) is 0 Å². The topological polar surface area (TPSA) is 295 Å². The van der Waals surface area contributed by atoms with Gasteiger partial charge in [-0.15, -0.1) is 0 Å². The number of hydrogen-bond acceptors (Lipinski definition) is 15. The Morgan fingerprint density at radius 1 is 0.768 bits per heavy atom. The fourth-order valence-corrected chi connectivity index (χ4v) is 10.6. The van der Waals surface area contributed by atoms with Crippen LogP contribution in [0.25, 0.3) is 0 Å². The van der Waals surface area contributed by atoms with Crippen molar-refractivity contribution in [3.63, 3.8) is 0 Å². The lowest BCUT2D eigenvalue weighted by molar-refractivity contribution is -0.146. The number of hydrogen-bond donors (Lipinski definition) is 8. The van der Waals surface area contributed by atoms with Gasteiger partial charge >= 0.3 is 6.09 Å². The molecule has 9 amide bonds. The monoisotopic (exact) mass is 1170 g/mol. The number of nitrogens with zero attached hydrogens (tertiary/aromatic N) is 3. The Kier molecular flexibility index (Phi) is 30.4. The molecule has 0 spiro atoms. The summed E-state index contributed by atoms with van der Waals surface area (Å²) in [4.78, 5) is 123. The van der Waals surface area contributed by atoms with E-state index in [4.69, 9.17) is 14.2 Å². The number of methoxy groups -OCH3 is 2. The number of likely N-dealkylation sites (N-methyl/N-ethyl adjacent to an activating group) is 2. The van der Waals surface area contributed by atoms with Gasteiger partial charge in [-0.1, -0.05) is 97.4 Å².